The Bertz CT molecular complexity index is 685. The zero-order chi connectivity index (χ0) is 15.6. The van der Waals surface area contributed by atoms with E-state index in [9.17, 15) is 4.79 Å². The molecule has 1 atom stereocenters. The number of aromatic nitrogens is 1. The molecule has 0 bridgehead atoms. The van der Waals surface area contributed by atoms with Crippen LogP contribution in [0.15, 0.2) is 34.9 Å². The minimum absolute atomic E-state index is 0.0758. The van der Waals surface area contributed by atoms with Gasteiger partial charge in [-0.25, -0.2) is 4.98 Å². The topological polar surface area (TPSA) is 76.4 Å². The lowest BCUT2D eigenvalue weighted by Crippen LogP contribution is -2.48. The Kier molecular flexibility index (Phi) is 3.85. The third-order valence-electron chi connectivity index (χ3n) is 4.13. The van der Waals surface area contributed by atoms with Crippen molar-refractivity contribution in [2.24, 2.45) is 0 Å². The number of morpholine rings is 1. The van der Waals surface area contributed by atoms with E-state index < -0.39 is 0 Å². The number of amides is 1. The first-order valence-electron chi connectivity index (χ1n) is 7.98. The Labute approximate surface area is 134 Å². The molecule has 1 saturated heterocycles. The van der Waals surface area contributed by atoms with Crippen molar-refractivity contribution in [1.82, 2.24) is 10.3 Å². The van der Waals surface area contributed by atoms with Crippen molar-refractivity contribution in [2.45, 2.75) is 24.8 Å². The molecule has 1 aromatic heterocycles. The molecular weight excluding hydrogens is 294 g/mol. The van der Waals surface area contributed by atoms with Crippen LogP contribution in [0.25, 0.3) is 11.3 Å². The number of anilines is 1. The van der Waals surface area contributed by atoms with E-state index in [2.05, 4.69) is 15.6 Å². The summed E-state index contributed by atoms with van der Waals surface area (Å²) in [4.78, 5) is 16.5. The number of nitrogens with zero attached hydrogens (tertiary/aromatic N) is 1. The number of hydrogen-bond donors (Lipinski definition) is 2. The van der Waals surface area contributed by atoms with Crippen molar-refractivity contribution < 1.29 is 13.9 Å². The lowest BCUT2D eigenvalue weighted by Gasteiger charge is -2.22. The van der Waals surface area contributed by atoms with Gasteiger partial charge in [0.1, 0.15) is 6.04 Å². The quantitative estimate of drug-likeness (QED) is 0.904. The Morgan fingerprint density at radius 2 is 2.09 bits per heavy atom. The van der Waals surface area contributed by atoms with Gasteiger partial charge in [0.05, 0.1) is 19.4 Å². The Hall–Kier alpha value is -2.18. The summed E-state index contributed by atoms with van der Waals surface area (Å²) in [6.07, 6.45) is 4.11. The van der Waals surface area contributed by atoms with Crippen molar-refractivity contribution in [3.8, 4) is 11.3 Å². The second kappa shape index (κ2) is 6.14. The van der Waals surface area contributed by atoms with E-state index in [1.54, 1.807) is 6.20 Å². The summed E-state index contributed by atoms with van der Waals surface area (Å²) in [7, 11) is 0. The molecule has 1 amide bonds. The van der Waals surface area contributed by atoms with Gasteiger partial charge in [-0.1, -0.05) is 0 Å². The normalized spacial score (nSPS) is 21.1. The van der Waals surface area contributed by atoms with Gasteiger partial charge in [0.15, 0.2) is 11.7 Å². The summed E-state index contributed by atoms with van der Waals surface area (Å²) < 4.78 is 11.1. The highest BCUT2D eigenvalue weighted by Crippen LogP contribution is 2.40. The average Bonchev–Trinajstić information content (AvgIpc) is 3.34. The molecule has 0 spiro atoms. The third kappa shape index (κ3) is 3.28. The fourth-order valence-corrected chi connectivity index (χ4v) is 2.62. The van der Waals surface area contributed by atoms with Crippen LogP contribution >= 0.6 is 0 Å². The van der Waals surface area contributed by atoms with Crippen LogP contribution in [0.3, 0.4) is 0 Å². The molecule has 1 aromatic carbocycles. The van der Waals surface area contributed by atoms with Gasteiger partial charge in [0.25, 0.3) is 0 Å². The standard InChI is InChI=1S/C17H19N3O3/c21-16(14-10-22-8-7-18-14)20-13-5-3-11(4-6-13)15-9-19-17(23-15)12-1-2-12/h3-6,9,12,14,18H,1-2,7-8,10H2,(H,20,21). The molecule has 2 aromatic rings. The molecule has 2 N–H and O–H groups in total. The number of carbonyl (C=O) groups excluding carboxylic acids is 1. The molecule has 2 fully saturated rings. The van der Waals surface area contributed by atoms with Gasteiger partial charge in [-0.2, -0.15) is 0 Å². The molecular formula is C17H19N3O3. The number of ether oxygens (including phenoxy) is 1. The summed E-state index contributed by atoms with van der Waals surface area (Å²) >= 11 is 0. The van der Waals surface area contributed by atoms with E-state index in [0.29, 0.717) is 25.7 Å². The Morgan fingerprint density at radius 1 is 1.26 bits per heavy atom. The van der Waals surface area contributed by atoms with Crippen LogP contribution in [-0.4, -0.2) is 36.7 Å². The zero-order valence-electron chi connectivity index (χ0n) is 12.7. The van der Waals surface area contributed by atoms with Crippen LogP contribution in [0.1, 0.15) is 24.7 Å². The average molecular weight is 313 g/mol. The third-order valence-corrected chi connectivity index (χ3v) is 4.13. The molecule has 1 aliphatic heterocycles. The van der Waals surface area contributed by atoms with Gasteiger partial charge in [-0.3, -0.25) is 4.79 Å². The molecule has 2 heterocycles. The maximum absolute atomic E-state index is 12.1. The monoisotopic (exact) mass is 313 g/mol. The van der Waals surface area contributed by atoms with Gasteiger partial charge in [0.2, 0.25) is 5.91 Å². The Morgan fingerprint density at radius 3 is 2.78 bits per heavy atom. The van der Waals surface area contributed by atoms with Crippen molar-refractivity contribution >= 4 is 11.6 Å². The summed E-state index contributed by atoms with van der Waals surface area (Å²) in [6.45, 7) is 1.76. The molecule has 6 nitrogen and oxygen atoms in total. The summed E-state index contributed by atoms with van der Waals surface area (Å²) in [5, 5.41) is 6.03. The fraction of sp³-hybridized carbons (Fsp3) is 0.412. The first-order valence-corrected chi connectivity index (χ1v) is 7.98. The van der Waals surface area contributed by atoms with Crippen LogP contribution in [0.5, 0.6) is 0 Å². The van der Waals surface area contributed by atoms with E-state index in [1.807, 2.05) is 24.3 Å². The van der Waals surface area contributed by atoms with Crippen molar-refractivity contribution in [1.29, 1.82) is 0 Å². The lowest BCUT2D eigenvalue weighted by atomic mass is 10.1. The van der Waals surface area contributed by atoms with E-state index in [-0.39, 0.29) is 11.9 Å². The number of oxazole rings is 1. The predicted octanol–water partition coefficient (Wildman–Crippen LogP) is 2.15. The van der Waals surface area contributed by atoms with Gasteiger partial charge in [0, 0.05) is 23.7 Å². The largest absolute Gasteiger partial charge is 0.440 e. The second-order valence-corrected chi connectivity index (χ2v) is 5.99. The fourth-order valence-electron chi connectivity index (χ4n) is 2.62. The second-order valence-electron chi connectivity index (χ2n) is 5.99. The highest BCUT2D eigenvalue weighted by atomic mass is 16.5. The molecule has 120 valence electrons. The van der Waals surface area contributed by atoms with E-state index in [0.717, 1.165) is 22.9 Å². The SMILES string of the molecule is O=C(Nc1ccc(-c2cnc(C3CC3)o2)cc1)C1COCCN1. The highest BCUT2D eigenvalue weighted by molar-refractivity contribution is 5.95. The van der Waals surface area contributed by atoms with Gasteiger partial charge in [-0.15, -0.1) is 0 Å². The molecule has 1 saturated carbocycles. The summed E-state index contributed by atoms with van der Waals surface area (Å²) in [5.74, 6) is 2.04. The van der Waals surface area contributed by atoms with Gasteiger partial charge < -0.3 is 19.8 Å². The zero-order valence-corrected chi connectivity index (χ0v) is 12.7. The van der Waals surface area contributed by atoms with Gasteiger partial charge in [-0.05, 0) is 37.1 Å². The van der Waals surface area contributed by atoms with Crippen LogP contribution in [0.4, 0.5) is 5.69 Å². The number of rotatable bonds is 4. The lowest BCUT2D eigenvalue weighted by molar-refractivity contribution is -0.120. The molecule has 6 heteroatoms. The van der Waals surface area contributed by atoms with Crippen molar-refractivity contribution in [3.63, 3.8) is 0 Å². The van der Waals surface area contributed by atoms with Crippen LogP contribution in [0.2, 0.25) is 0 Å². The van der Waals surface area contributed by atoms with Crippen LogP contribution in [0, 0.1) is 0 Å². The first-order chi connectivity index (χ1) is 11.3. The van der Waals surface area contributed by atoms with Gasteiger partial charge >= 0.3 is 0 Å². The van der Waals surface area contributed by atoms with E-state index in [1.165, 1.54) is 12.8 Å². The van der Waals surface area contributed by atoms with E-state index in [4.69, 9.17) is 9.15 Å². The van der Waals surface area contributed by atoms with Crippen molar-refractivity contribution in [2.75, 3.05) is 25.1 Å². The molecule has 1 unspecified atom stereocenters. The smallest absolute Gasteiger partial charge is 0.243 e. The molecule has 0 radical (unpaired) electrons. The first kappa shape index (κ1) is 14.4. The minimum Gasteiger partial charge on any atom is -0.440 e. The number of benzene rings is 1. The van der Waals surface area contributed by atoms with E-state index >= 15 is 0 Å². The van der Waals surface area contributed by atoms with Crippen LogP contribution < -0.4 is 10.6 Å². The Balaban J connectivity index is 1.41. The molecule has 1 aliphatic carbocycles. The summed E-state index contributed by atoms with van der Waals surface area (Å²) in [6, 6.07) is 7.31. The van der Waals surface area contributed by atoms with Crippen molar-refractivity contribution in [3.05, 3.63) is 36.4 Å². The maximum atomic E-state index is 12.1. The minimum atomic E-state index is -0.293. The molecule has 2 aliphatic rings. The van der Waals surface area contributed by atoms with Crippen LogP contribution in [-0.2, 0) is 9.53 Å². The summed E-state index contributed by atoms with van der Waals surface area (Å²) in [5.41, 5.74) is 1.72. The number of hydrogen-bond acceptors (Lipinski definition) is 5. The number of carbonyl (C=O) groups is 1. The molecule has 23 heavy (non-hydrogen) atoms. The maximum Gasteiger partial charge on any atom is 0.243 e. The number of nitrogens with one attached hydrogen (secondary N) is 2. The highest BCUT2D eigenvalue weighted by Gasteiger charge is 2.28. The molecule has 4 rings (SSSR count). The predicted molar refractivity (Wildman–Crippen MR) is 85.2 cm³/mol.